The molecule has 0 aliphatic heterocycles. The summed E-state index contributed by atoms with van der Waals surface area (Å²) in [6.07, 6.45) is 0. The van der Waals surface area contributed by atoms with Crippen molar-refractivity contribution in [3.05, 3.63) is 42.0 Å². The van der Waals surface area contributed by atoms with Gasteiger partial charge in [0.05, 0.1) is 28.4 Å². The fraction of sp³-hybridized carbons (Fsp3) is 0.235. The van der Waals surface area contributed by atoms with Crippen molar-refractivity contribution < 1.29 is 23.7 Å². The maximum absolute atomic E-state index is 12.7. The molecule has 1 unspecified atom stereocenters. The minimum atomic E-state index is -0.0634. The summed E-state index contributed by atoms with van der Waals surface area (Å²) in [6.45, 7) is 0. The van der Waals surface area contributed by atoms with Crippen LogP contribution in [-0.4, -0.2) is 52.8 Å². The summed E-state index contributed by atoms with van der Waals surface area (Å²) in [5, 5.41) is 0.913. The zero-order valence-electron chi connectivity index (χ0n) is 14.5. The molecule has 1 atom stereocenters. The Hall–Kier alpha value is -1.66. The first-order chi connectivity index (χ1) is 11.1. The molecule has 5 nitrogen and oxygen atoms in total. The summed E-state index contributed by atoms with van der Waals surface area (Å²) in [5.74, 6) is 2.20. The first-order valence-electron chi connectivity index (χ1n) is 6.88. The van der Waals surface area contributed by atoms with E-state index >= 15 is 0 Å². The van der Waals surface area contributed by atoms with Crippen LogP contribution < -0.4 is 24.3 Å². The summed E-state index contributed by atoms with van der Waals surface area (Å²) in [5.41, 5.74) is 0.358. The van der Waals surface area contributed by atoms with E-state index in [1.165, 1.54) is 14.2 Å². The molecule has 0 aromatic heterocycles. The van der Waals surface area contributed by atoms with Gasteiger partial charge < -0.3 is 18.9 Å². The van der Waals surface area contributed by atoms with E-state index in [9.17, 15) is 4.79 Å². The second kappa shape index (κ2) is 9.59. The molecule has 0 saturated carbocycles. The maximum Gasteiger partial charge on any atom is 0.193 e. The first-order valence-corrected chi connectivity index (χ1v) is 7.88. The van der Waals surface area contributed by atoms with Crippen molar-refractivity contribution in [1.29, 1.82) is 0 Å². The summed E-state index contributed by atoms with van der Waals surface area (Å²) in [6, 6.07) is 10.8. The molecular formula is C17H19LiO5P. The number of carbonyl (C=O) groups excluding carboxylic acids is 1. The molecular weight excluding hydrogens is 322 g/mol. The van der Waals surface area contributed by atoms with Crippen molar-refractivity contribution >= 4 is 38.3 Å². The van der Waals surface area contributed by atoms with Crippen LogP contribution in [0.2, 0.25) is 0 Å². The molecule has 0 amide bonds. The number of hydrogen-bond donors (Lipinski definition) is 0. The largest absolute Gasteiger partial charge is 0.497 e. The third-order valence-electron chi connectivity index (χ3n) is 3.29. The molecule has 0 saturated heterocycles. The third-order valence-corrected chi connectivity index (χ3v) is 4.39. The van der Waals surface area contributed by atoms with Crippen LogP contribution in [0.4, 0.5) is 0 Å². The molecule has 2 aromatic rings. The Bertz CT molecular complexity index is 663. The molecule has 0 heterocycles. The Morgan fingerprint density at radius 3 is 1.71 bits per heavy atom. The van der Waals surface area contributed by atoms with Gasteiger partial charge in [-0.15, -0.1) is 0 Å². The van der Waals surface area contributed by atoms with Gasteiger partial charge in [-0.25, -0.2) is 0 Å². The molecule has 2 rings (SSSR count). The summed E-state index contributed by atoms with van der Waals surface area (Å²) in [7, 11) is 6.14. The van der Waals surface area contributed by atoms with Crippen LogP contribution in [-0.2, 0) is 0 Å². The molecule has 24 heavy (non-hydrogen) atoms. The van der Waals surface area contributed by atoms with Gasteiger partial charge in [-0.05, 0) is 26.0 Å². The van der Waals surface area contributed by atoms with Crippen molar-refractivity contribution in [2.45, 2.75) is 0 Å². The summed E-state index contributed by atoms with van der Waals surface area (Å²) >= 11 is 0. The minimum Gasteiger partial charge on any atom is -0.497 e. The number of rotatable bonds is 7. The number of carbonyl (C=O) groups is 1. The first kappa shape index (κ1) is 20.4. The van der Waals surface area contributed by atoms with Crippen molar-refractivity contribution in [2.24, 2.45) is 0 Å². The van der Waals surface area contributed by atoms with Crippen molar-refractivity contribution in [3.8, 4) is 23.0 Å². The van der Waals surface area contributed by atoms with E-state index in [4.69, 9.17) is 18.9 Å². The molecule has 7 heteroatoms. The van der Waals surface area contributed by atoms with Gasteiger partial charge >= 0.3 is 0 Å². The van der Waals surface area contributed by atoms with E-state index < -0.39 is 0 Å². The van der Waals surface area contributed by atoms with E-state index in [1.807, 2.05) is 24.3 Å². The monoisotopic (exact) mass is 341 g/mol. The Balaban J connectivity index is 0.00000288. The van der Waals surface area contributed by atoms with Gasteiger partial charge in [-0.1, -0.05) is 12.1 Å². The van der Waals surface area contributed by atoms with E-state index in [0.717, 1.165) is 11.1 Å². The minimum absolute atomic E-state index is 0. The maximum atomic E-state index is 12.7. The molecule has 0 N–H and O–H groups in total. The van der Waals surface area contributed by atoms with Gasteiger partial charge in [0.1, 0.15) is 28.6 Å². The van der Waals surface area contributed by atoms with Crippen molar-refractivity contribution in [1.82, 2.24) is 0 Å². The SMILES string of the molecule is COc1ccc(PC(=O)c2c(OC)cc(OC)cc2OC)cc1.[Li]. The van der Waals surface area contributed by atoms with Crippen LogP contribution in [0.5, 0.6) is 23.0 Å². The summed E-state index contributed by atoms with van der Waals surface area (Å²) < 4.78 is 21.0. The predicted octanol–water partition coefficient (Wildman–Crippen LogP) is 2.48. The van der Waals surface area contributed by atoms with Crippen LogP contribution in [0, 0.1) is 0 Å². The molecule has 2 aromatic carbocycles. The average Bonchev–Trinajstić information content (AvgIpc) is 2.60. The van der Waals surface area contributed by atoms with Crippen LogP contribution >= 0.6 is 8.58 Å². The van der Waals surface area contributed by atoms with Gasteiger partial charge in [0.2, 0.25) is 0 Å². The molecule has 0 bridgehead atoms. The molecule has 0 spiro atoms. The Morgan fingerprint density at radius 2 is 1.29 bits per heavy atom. The average molecular weight is 341 g/mol. The van der Waals surface area contributed by atoms with E-state index in [0.29, 0.717) is 22.8 Å². The van der Waals surface area contributed by atoms with Gasteiger partial charge in [0.15, 0.2) is 5.52 Å². The molecule has 0 aliphatic rings. The Morgan fingerprint density at radius 1 is 0.792 bits per heavy atom. The molecule has 0 fully saturated rings. The predicted molar refractivity (Wildman–Crippen MR) is 97.1 cm³/mol. The number of ether oxygens (including phenoxy) is 4. The quantitative estimate of drug-likeness (QED) is 0.572. The smallest absolute Gasteiger partial charge is 0.193 e. The molecule has 1 radical (unpaired) electrons. The number of benzene rings is 2. The topological polar surface area (TPSA) is 54.0 Å². The zero-order valence-corrected chi connectivity index (χ0v) is 15.5. The van der Waals surface area contributed by atoms with Crippen molar-refractivity contribution in [2.75, 3.05) is 28.4 Å². The standard InChI is InChI=1S/C17H19O5P.Li/c1-19-11-5-7-13(8-6-11)23-17(18)16-14(21-3)9-12(20-2)10-15(16)22-4;/h5-10,23H,1-4H3;. The van der Waals surface area contributed by atoms with E-state index in [1.54, 1.807) is 26.4 Å². The second-order valence-corrected chi connectivity index (χ2v) is 5.87. The van der Waals surface area contributed by atoms with E-state index in [2.05, 4.69) is 0 Å². The zero-order chi connectivity index (χ0) is 16.8. The fourth-order valence-corrected chi connectivity index (χ4v) is 3.06. The van der Waals surface area contributed by atoms with Crippen LogP contribution in [0.15, 0.2) is 36.4 Å². The van der Waals surface area contributed by atoms with Gasteiger partial charge in [-0.2, -0.15) is 0 Å². The van der Waals surface area contributed by atoms with Crippen molar-refractivity contribution in [3.63, 3.8) is 0 Å². The molecule has 123 valence electrons. The second-order valence-electron chi connectivity index (χ2n) is 4.59. The normalized spacial score (nSPS) is 10.2. The number of hydrogen-bond acceptors (Lipinski definition) is 5. The van der Waals surface area contributed by atoms with Gasteiger partial charge in [0.25, 0.3) is 0 Å². The van der Waals surface area contributed by atoms with E-state index in [-0.39, 0.29) is 33.0 Å². The van der Waals surface area contributed by atoms with Crippen LogP contribution in [0.25, 0.3) is 0 Å². The Kier molecular flexibility index (Phi) is 8.14. The summed E-state index contributed by atoms with van der Waals surface area (Å²) in [4.78, 5) is 12.7. The molecule has 0 aliphatic carbocycles. The van der Waals surface area contributed by atoms with Gasteiger partial charge in [0, 0.05) is 31.0 Å². The Labute approximate surface area is 155 Å². The van der Waals surface area contributed by atoms with Crippen LogP contribution in [0.1, 0.15) is 10.4 Å². The van der Waals surface area contributed by atoms with Crippen LogP contribution in [0.3, 0.4) is 0 Å². The number of methoxy groups -OCH3 is 4. The third kappa shape index (κ3) is 4.67. The van der Waals surface area contributed by atoms with Gasteiger partial charge in [-0.3, -0.25) is 4.79 Å². The fourth-order valence-electron chi connectivity index (χ4n) is 2.10.